The van der Waals surface area contributed by atoms with Gasteiger partial charge >= 0.3 is 0 Å². The fraction of sp³-hybridized carbons (Fsp3) is 0. The third kappa shape index (κ3) is 4.42. The molecule has 0 amide bonds. The van der Waals surface area contributed by atoms with Gasteiger partial charge < -0.3 is 9.97 Å². The molecule has 3 aromatic heterocycles. The van der Waals surface area contributed by atoms with E-state index in [1.165, 1.54) is 43.5 Å². The molecule has 0 aliphatic rings. The van der Waals surface area contributed by atoms with Gasteiger partial charge in [0.1, 0.15) is 0 Å². The van der Waals surface area contributed by atoms with E-state index in [2.05, 4.69) is 99.9 Å². The van der Waals surface area contributed by atoms with Crippen LogP contribution in [0, 0.1) is 0 Å². The normalized spacial score (nSPS) is 10.8. The molecule has 0 spiro atoms. The van der Waals surface area contributed by atoms with Crippen molar-refractivity contribution in [3.63, 3.8) is 0 Å². The molecule has 0 bridgehead atoms. The van der Waals surface area contributed by atoms with Crippen LogP contribution in [0.15, 0.2) is 140 Å². The average molecular weight is 464 g/mol. The van der Waals surface area contributed by atoms with Crippen LogP contribution in [0.2, 0.25) is 0 Å². The molecule has 8 aromatic rings. The summed E-state index contributed by atoms with van der Waals surface area (Å²) in [5, 5.41) is 6.28. The maximum absolute atomic E-state index is 4.58. The number of nitrogens with one attached hydrogen (secondary N) is 2. The molecule has 36 heavy (non-hydrogen) atoms. The number of fused-ring (bicyclic) bond motifs is 6. The number of aromatic nitrogens is 3. The Morgan fingerprint density at radius 2 is 0.889 bits per heavy atom. The van der Waals surface area contributed by atoms with Crippen molar-refractivity contribution >= 4 is 54.5 Å². The van der Waals surface area contributed by atoms with Gasteiger partial charge in [-0.3, -0.25) is 0 Å². The zero-order chi connectivity index (χ0) is 24.2. The van der Waals surface area contributed by atoms with Gasteiger partial charge in [-0.15, -0.1) is 0 Å². The summed E-state index contributed by atoms with van der Waals surface area (Å²) in [6.07, 6.45) is 1.95. The summed E-state index contributed by atoms with van der Waals surface area (Å²) in [5.74, 6) is 0. The van der Waals surface area contributed by atoms with Crippen molar-refractivity contribution in [2.24, 2.45) is 0 Å². The fourth-order valence-electron chi connectivity index (χ4n) is 4.51. The van der Waals surface area contributed by atoms with E-state index < -0.39 is 0 Å². The van der Waals surface area contributed by atoms with Gasteiger partial charge in [-0.2, -0.15) is 0 Å². The van der Waals surface area contributed by atoms with Crippen LogP contribution in [0.1, 0.15) is 0 Å². The number of hydrogen-bond acceptors (Lipinski definition) is 1. The zero-order valence-electron chi connectivity index (χ0n) is 19.7. The maximum Gasteiger partial charge on any atom is 0.0709 e. The maximum atomic E-state index is 4.58. The first-order valence-electron chi connectivity index (χ1n) is 12.1. The minimum atomic E-state index is 1.06. The topological polar surface area (TPSA) is 44.5 Å². The molecule has 0 aliphatic carbocycles. The molecule has 0 aliphatic heterocycles. The predicted octanol–water partition coefficient (Wildman–Crippen LogP) is 8.88. The van der Waals surface area contributed by atoms with Crippen LogP contribution >= 0.6 is 0 Å². The van der Waals surface area contributed by atoms with E-state index in [-0.39, 0.29) is 0 Å². The molecular weight excluding hydrogens is 438 g/mol. The van der Waals surface area contributed by atoms with Gasteiger partial charge in [-0.05, 0) is 47.9 Å². The second-order valence-electron chi connectivity index (χ2n) is 8.65. The van der Waals surface area contributed by atoms with E-state index >= 15 is 0 Å². The van der Waals surface area contributed by atoms with Crippen LogP contribution in [-0.4, -0.2) is 15.0 Å². The van der Waals surface area contributed by atoms with Crippen molar-refractivity contribution < 1.29 is 0 Å². The van der Waals surface area contributed by atoms with Gasteiger partial charge in [-0.1, -0.05) is 91.0 Å². The molecule has 0 radical (unpaired) electrons. The van der Waals surface area contributed by atoms with Crippen LogP contribution in [0.5, 0.6) is 0 Å². The number of benzene rings is 5. The summed E-state index contributed by atoms with van der Waals surface area (Å²) < 4.78 is 0. The molecule has 0 atom stereocenters. The second kappa shape index (κ2) is 9.77. The Labute approximate surface area is 209 Å². The molecule has 8 rings (SSSR count). The summed E-state index contributed by atoms with van der Waals surface area (Å²) in [4.78, 5) is 11.1. The van der Waals surface area contributed by atoms with Crippen LogP contribution < -0.4 is 0 Å². The lowest BCUT2D eigenvalue weighted by atomic mass is 10.1. The Morgan fingerprint density at radius 1 is 0.417 bits per heavy atom. The van der Waals surface area contributed by atoms with Crippen molar-refractivity contribution in [3.05, 3.63) is 140 Å². The molecule has 2 N–H and O–H groups in total. The van der Waals surface area contributed by atoms with Crippen LogP contribution in [0.25, 0.3) is 54.5 Å². The van der Waals surface area contributed by atoms with E-state index in [4.69, 9.17) is 0 Å². The first kappa shape index (κ1) is 21.6. The van der Waals surface area contributed by atoms with Gasteiger partial charge in [0.05, 0.1) is 11.0 Å². The SMILES string of the molecule is c1ccc2[nH]ccc2c1.c1ccc2c(c1)[nH]c1ccccc12.c1ccc2nc3ccccc3cc2c1. The smallest absolute Gasteiger partial charge is 0.0709 e. The largest absolute Gasteiger partial charge is 0.361 e. The zero-order valence-corrected chi connectivity index (χ0v) is 19.7. The number of hydrogen-bond donors (Lipinski definition) is 2. The Balaban J connectivity index is 0.000000102. The first-order chi connectivity index (χ1) is 17.8. The van der Waals surface area contributed by atoms with Gasteiger partial charge in [0.2, 0.25) is 0 Å². The number of aromatic amines is 2. The van der Waals surface area contributed by atoms with Crippen LogP contribution in [0.3, 0.4) is 0 Å². The van der Waals surface area contributed by atoms with Gasteiger partial charge in [-0.25, -0.2) is 4.98 Å². The first-order valence-corrected chi connectivity index (χ1v) is 12.1. The molecule has 0 saturated carbocycles. The Kier molecular flexibility index (Phi) is 5.87. The lowest BCUT2D eigenvalue weighted by molar-refractivity contribution is 1.48. The molecular formula is C33H25N3. The highest BCUT2D eigenvalue weighted by Crippen LogP contribution is 2.24. The summed E-state index contributed by atoms with van der Waals surface area (Å²) in [7, 11) is 0. The number of rotatable bonds is 0. The van der Waals surface area contributed by atoms with E-state index in [1.807, 2.05) is 54.7 Å². The number of para-hydroxylation sites is 5. The van der Waals surface area contributed by atoms with Crippen molar-refractivity contribution in [3.8, 4) is 0 Å². The van der Waals surface area contributed by atoms with E-state index in [9.17, 15) is 0 Å². The molecule has 3 heteroatoms. The minimum absolute atomic E-state index is 1.06. The van der Waals surface area contributed by atoms with Crippen molar-refractivity contribution in [2.75, 3.05) is 0 Å². The third-order valence-corrected chi connectivity index (χ3v) is 6.30. The monoisotopic (exact) mass is 463 g/mol. The number of H-pyrrole nitrogens is 2. The van der Waals surface area contributed by atoms with Crippen LogP contribution in [0.4, 0.5) is 0 Å². The Hall–Kier alpha value is -4.89. The third-order valence-electron chi connectivity index (χ3n) is 6.30. The fourth-order valence-corrected chi connectivity index (χ4v) is 4.51. The lowest BCUT2D eigenvalue weighted by Gasteiger charge is -1.99. The molecule has 0 unspecified atom stereocenters. The van der Waals surface area contributed by atoms with E-state index in [0.717, 1.165) is 11.0 Å². The second-order valence-corrected chi connectivity index (χ2v) is 8.65. The predicted molar refractivity (Wildman–Crippen MR) is 153 cm³/mol. The summed E-state index contributed by atoms with van der Waals surface area (Å²) in [6, 6.07) is 45.6. The van der Waals surface area contributed by atoms with Crippen molar-refractivity contribution in [2.45, 2.75) is 0 Å². The number of pyridine rings is 1. The molecule has 3 heterocycles. The highest BCUT2D eigenvalue weighted by molar-refractivity contribution is 6.07. The van der Waals surface area contributed by atoms with Crippen LogP contribution in [-0.2, 0) is 0 Å². The van der Waals surface area contributed by atoms with Crippen molar-refractivity contribution in [1.82, 2.24) is 15.0 Å². The number of nitrogens with zero attached hydrogens (tertiary/aromatic N) is 1. The lowest BCUT2D eigenvalue weighted by Crippen LogP contribution is -1.80. The van der Waals surface area contributed by atoms with E-state index in [1.54, 1.807) is 0 Å². The highest BCUT2D eigenvalue weighted by atomic mass is 14.7. The molecule has 5 aromatic carbocycles. The summed E-state index contributed by atoms with van der Waals surface area (Å²) in [6.45, 7) is 0. The Morgan fingerprint density at radius 3 is 1.47 bits per heavy atom. The highest BCUT2D eigenvalue weighted by Gasteiger charge is 2.00. The summed E-state index contributed by atoms with van der Waals surface area (Å²) in [5.41, 5.74) is 5.75. The van der Waals surface area contributed by atoms with Gasteiger partial charge in [0.15, 0.2) is 0 Å². The molecule has 172 valence electrons. The minimum Gasteiger partial charge on any atom is -0.361 e. The average Bonchev–Trinajstić information content (AvgIpc) is 3.57. The standard InChI is InChI=1S/C13H9N.C12H9N.C8H7N/c1-3-7-12-10(5-1)9-11-6-2-4-8-13(11)14-12;1-3-7-11-9(5-1)10-6-2-4-8-12(10)13-11;1-2-4-8-7(3-1)5-6-9-8/h1-9H;1-8,13H;1-6,9H. The van der Waals surface area contributed by atoms with Gasteiger partial charge in [0.25, 0.3) is 0 Å². The van der Waals surface area contributed by atoms with Crippen molar-refractivity contribution in [1.29, 1.82) is 0 Å². The summed E-state index contributed by atoms with van der Waals surface area (Å²) >= 11 is 0. The molecule has 0 fully saturated rings. The Bertz CT molecular complexity index is 1720. The van der Waals surface area contributed by atoms with E-state index in [0.29, 0.717) is 0 Å². The quantitative estimate of drug-likeness (QED) is 0.217. The molecule has 0 saturated heterocycles. The molecule has 3 nitrogen and oxygen atoms in total. The van der Waals surface area contributed by atoms with Gasteiger partial charge in [0, 0.05) is 44.3 Å².